The number of aromatic nitrogens is 2. The lowest BCUT2D eigenvalue weighted by Gasteiger charge is -2.17. The number of hydrogen-bond donors (Lipinski definition) is 1. The van der Waals surface area contributed by atoms with Crippen LogP contribution in [0.1, 0.15) is 26.3 Å². The minimum atomic E-state index is -4.51. The number of halogens is 3. The first-order valence-electron chi connectivity index (χ1n) is 8.04. The SMILES string of the molecule is CC(=O)[C@@H](C)Cc1ccc(-c2cc(OC(C)C(F)(F)F)nc(N)n2)cc1. The summed E-state index contributed by atoms with van der Waals surface area (Å²) in [5, 5.41) is 0. The van der Waals surface area contributed by atoms with Gasteiger partial charge in [-0.1, -0.05) is 31.2 Å². The second-order valence-corrected chi connectivity index (χ2v) is 6.16. The zero-order valence-corrected chi connectivity index (χ0v) is 14.7. The predicted molar refractivity (Wildman–Crippen MR) is 91.6 cm³/mol. The fourth-order valence-corrected chi connectivity index (χ4v) is 2.21. The van der Waals surface area contributed by atoms with Crippen LogP contribution >= 0.6 is 0 Å². The van der Waals surface area contributed by atoms with Crippen molar-refractivity contribution in [3.05, 3.63) is 35.9 Å². The molecule has 0 amide bonds. The summed E-state index contributed by atoms with van der Waals surface area (Å²) in [6, 6.07) is 8.52. The molecule has 0 saturated carbocycles. The Labute approximate surface area is 149 Å². The number of Topliss-reactive ketones (excluding diaryl/α,β-unsaturated/α-hetero) is 1. The molecule has 0 saturated heterocycles. The second-order valence-electron chi connectivity index (χ2n) is 6.16. The van der Waals surface area contributed by atoms with Gasteiger partial charge in [0.1, 0.15) is 5.78 Å². The molecule has 2 rings (SSSR count). The van der Waals surface area contributed by atoms with Gasteiger partial charge in [0, 0.05) is 17.5 Å². The maximum Gasteiger partial charge on any atom is 0.425 e. The summed E-state index contributed by atoms with van der Waals surface area (Å²) in [7, 11) is 0. The van der Waals surface area contributed by atoms with Crippen LogP contribution < -0.4 is 10.5 Å². The molecule has 0 aliphatic rings. The van der Waals surface area contributed by atoms with E-state index in [0.29, 0.717) is 17.7 Å². The molecule has 26 heavy (non-hydrogen) atoms. The van der Waals surface area contributed by atoms with Gasteiger partial charge in [-0.15, -0.1) is 0 Å². The Bertz CT molecular complexity index is 776. The molecule has 1 unspecified atom stereocenters. The van der Waals surface area contributed by atoms with Gasteiger partial charge in [0.05, 0.1) is 5.69 Å². The van der Waals surface area contributed by atoms with E-state index >= 15 is 0 Å². The largest absolute Gasteiger partial charge is 0.465 e. The van der Waals surface area contributed by atoms with Crippen LogP contribution in [0.2, 0.25) is 0 Å². The lowest BCUT2D eigenvalue weighted by atomic mass is 9.97. The van der Waals surface area contributed by atoms with Crippen LogP contribution in [0.3, 0.4) is 0 Å². The average molecular weight is 367 g/mol. The molecular formula is C18H20F3N3O2. The zero-order chi connectivity index (χ0) is 19.5. The number of hydrogen-bond acceptors (Lipinski definition) is 5. The third kappa shape index (κ3) is 5.18. The van der Waals surface area contributed by atoms with Crippen LogP contribution in [-0.2, 0) is 11.2 Å². The van der Waals surface area contributed by atoms with Crippen molar-refractivity contribution >= 4 is 11.7 Å². The Morgan fingerprint density at radius 1 is 1.19 bits per heavy atom. The molecule has 0 aliphatic heterocycles. The van der Waals surface area contributed by atoms with Crippen LogP contribution in [0.5, 0.6) is 5.88 Å². The molecule has 0 radical (unpaired) electrons. The van der Waals surface area contributed by atoms with Crippen LogP contribution in [0.15, 0.2) is 30.3 Å². The first-order chi connectivity index (χ1) is 12.1. The van der Waals surface area contributed by atoms with E-state index in [0.717, 1.165) is 12.5 Å². The van der Waals surface area contributed by atoms with Gasteiger partial charge in [0.25, 0.3) is 0 Å². The number of ether oxygens (including phenoxy) is 1. The van der Waals surface area contributed by atoms with Crippen molar-refractivity contribution in [2.75, 3.05) is 5.73 Å². The molecule has 2 N–H and O–H groups in total. The average Bonchev–Trinajstić information content (AvgIpc) is 2.54. The van der Waals surface area contributed by atoms with Gasteiger partial charge >= 0.3 is 6.18 Å². The van der Waals surface area contributed by atoms with E-state index in [4.69, 9.17) is 10.5 Å². The maximum absolute atomic E-state index is 12.6. The number of rotatable bonds is 6. The molecule has 0 aliphatic carbocycles. The van der Waals surface area contributed by atoms with Gasteiger partial charge < -0.3 is 10.5 Å². The minimum absolute atomic E-state index is 0.0839. The fourth-order valence-electron chi connectivity index (χ4n) is 2.21. The summed E-state index contributed by atoms with van der Waals surface area (Å²) in [4.78, 5) is 19.1. The smallest absolute Gasteiger partial charge is 0.425 e. The van der Waals surface area contributed by atoms with Crippen LogP contribution in [0.25, 0.3) is 11.3 Å². The summed E-state index contributed by atoms with van der Waals surface area (Å²) < 4.78 is 42.8. The first kappa shape index (κ1) is 19.7. The van der Waals surface area contributed by atoms with Crippen molar-refractivity contribution in [3.63, 3.8) is 0 Å². The van der Waals surface area contributed by atoms with E-state index in [-0.39, 0.29) is 23.5 Å². The topological polar surface area (TPSA) is 78.1 Å². The molecule has 0 spiro atoms. The second kappa shape index (κ2) is 7.72. The van der Waals surface area contributed by atoms with Gasteiger partial charge in [-0.2, -0.15) is 18.2 Å². The first-order valence-corrected chi connectivity index (χ1v) is 8.04. The van der Waals surface area contributed by atoms with E-state index < -0.39 is 12.3 Å². The number of anilines is 1. The molecule has 1 heterocycles. The summed E-state index contributed by atoms with van der Waals surface area (Å²) in [6.07, 6.45) is -5.91. The number of nitrogens with zero attached hydrogens (tertiary/aromatic N) is 2. The quantitative estimate of drug-likeness (QED) is 0.840. The van der Waals surface area contributed by atoms with Crippen molar-refractivity contribution in [1.82, 2.24) is 9.97 Å². The highest BCUT2D eigenvalue weighted by atomic mass is 19.4. The molecule has 0 fully saturated rings. The Balaban J connectivity index is 2.22. The number of carbonyl (C=O) groups is 1. The van der Waals surface area contributed by atoms with Crippen molar-refractivity contribution in [2.45, 2.75) is 39.5 Å². The molecule has 2 aromatic rings. The lowest BCUT2D eigenvalue weighted by molar-refractivity contribution is -0.189. The minimum Gasteiger partial charge on any atom is -0.465 e. The van der Waals surface area contributed by atoms with Crippen molar-refractivity contribution in [2.24, 2.45) is 5.92 Å². The Hall–Kier alpha value is -2.64. The van der Waals surface area contributed by atoms with Crippen molar-refractivity contribution in [3.8, 4) is 17.1 Å². The third-order valence-corrected chi connectivity index (χ3v) is 3.96. The van der Waals surface area contributed by atoms with E-state index in [1.165, 1.54) is 6.07 Å². The van der Waals surface area contributed by atoms with Crippen molar-refractivity contribution in [1.29, 1.82) is 0 Å². The van der Waals surface area contributed by atoms with E-state index in [1.54, 1.807) is 19.1 Å². The lowest BCUT2D eigenvalue weighted by Crippen LogP contribution is -2.31. The van der Waals surface area contributed by atoms with Gasteiger partial charge in [0.15, 0.2) is 6.10 Å². The molecule has 5 nitrogen and oxygen atoms in total. The summed E-state index contributed by atoms with van der Waals surface area (Å²) in [5.74, 6) is -0.398. The summed E-state index contributed by atoms with van der Waals surface area (Å²) in [5.41, 5.74) is 7.57. The molecule has 1 aromatic heterocycles. The highest BCUT2D eigenvalue weighted by Gasteiger charge is 2.38. The number of nitrogen functional groups attached to an aromatic ring is 1. The van der Waals surface area contributed by atoms with Crippen LogP contribution in [-0.4, -0.2) is 28.0 Å². The van der Waals surface area contributed by atoms with Crippen molar-refractivity contribution < 1.29 is 22.7 Å². The fraction of sp³-hybridized carbons (Fsp3) is 0.389. The van der Waals surface area contributed by atoms with Gasteiger partial charge in [0.2, 0.25) is 11.8 Å². The molecule has 1 aromatic carbocycles. The highest BCUT2D eigenvalue weighted by molar-refractivity contribution is 5.78. The third-order valence-electron chi connectivity index (χ3n) is 3.96. The normalized spacial score (nSPS) is 13.9. The number of nitrogens with two attached hydrogens (primary N) is 1. The number of alkyl halides is 3. The summed E-state index contributed by atoms with van der Waals surface area (Å²) >= 11 is 0. The number of carbonyl (C=O) groups excluding carboxylic acids is 1. The Morgan fingerprint density at radius 2 is 1.81 bits per heavy atom. The molecular weight excluding hydrogens is 347 g/mol. The predicted octanol–water partition coefficient (Wildman–Crippen LogP) is 3.82. The number of ketones is 1. The molecule has 140 valence electrons. The zero-order valence-electron chi connectivity index (χ0n) is 14.7. The van der Waals surface area contributed by atoms with E-state index in [1.807, 2.05) is 19.1 Å². The standard InChI is InChI=1S/C18H20F3N3O2/c1-10(11(2)25)8-13-4-6-14(7-5-13)15-9-16(24-17(22)23-15)26-12(3)18(19,20)21/h4-7,9-10,12H,8H2,1-3H3,(H2,22,23,24)/t10-,12?/m0/s1. The van der Waals surface area contributed by atoms with Gasteiger partial charge in [-0.05, 0) is 25.8 Å². The van der Waals surface area contributed by atoms with Crippen LogP contribution in [0.4, 0.5) is 19.1 Å². The van der Waals surface area contributed by atoms with Gasteiger partial charge in [-0.25, -0.2) is 4.98 Å². The monoisotopic (exact) mass is 367 g/mol. The Kier molecular flexibility index (Phi) is 5.84. The summed E-state index contributed by atoms with van der Waals surface area (Å²) in [6.45, 7) is 4.29. The molecule has 8 heteroatoms. The van der Waals surface area contributed by atoms with Crippen LogP contribution in [0, 0.1) is 5.92 Å². The molecule has 0 bridgehead atoms. The Morgan fingerprint density at radius 3 is 2.35 bits per heavy atom. The maximum atomic E-state index is 12.6. The van der Waals surface area contributed by atoms with E-state index in [9.17, 15) is 18.0 Å². The number of benzene rings is 1. The van der Waals surface area contributed by atoms with E-state index in [2.05, 4.69) is 9.97 Å². The molecule has 2 atom stereocenters. The van der Waals surface area contributed by atoms with Gasteiger partial charge in [-0.3, -0.25) is 4.79 Å². The highest BCUT2D eigenvalue weighted by Crippen LogP contribution is 2.27.